The number of rotatable bonds is 2. The van der Waals surface area contributed by atoms with Crippen molar-refractivity contribution in [2.24, 2.45) is 11.8 Å². The Bertz CT molecular complexity index is 417. The zero-order chi connectivity index (χ0) is 11.0. The number of halogens is 1. The van der Waals surface area contributed by atoms with Gasteiger partial charge in [-0.15, -0.1) is 0 Å². The van der Waals surface area contributed by atoms with Gasteiger partial charge in [-0.05, 0) is 47.9 Å². The summed E-state index contributed by atoms with van der Waals surface area (Å²) >= 11 is 0. The molecule has 0 saturated heterocycles. The number of nitrogens with zero attached hydrogens (tertiary/aromatic N) is 1. The van der Waals surface area contributed by atoms with Crippen LogP contribution in [0.1, 0.15) is 37.3 Å². The summed E-state index contributed by atoms with van der Waals surface area (Å²) in [6.45, 7) is 4.33. The second kappa shape index (κ2) is 3.66. The molecule has 1 fully saturated rings. The van der Waals surface area contributed by atoms with Crippen LogP contribution in [0.15, 0.2) is 18.2 Å². The van der Waals surface area contributed by atoms with Crippen LogP contribution >= 0.6 is 0 Å². The Morgan fingerprint density at radius 1 is 1.47 bits per heavy atom. The van der Waals surface area contributed by atoms with Gasteiger partial charge in [0.05, 0.1) is 11.6 Å². The van der Waals surface area contributed by atoms with Crippen LogP contribution < -0.4 is 0 Å². The van der Waals surface area contributed by atoms with E-state index >= 15 is 0 Å². The van der Waals surface area contributed by atoms with E-state index in [1.165, 1.54) is 12.1 Å². The molecule has 0 amide bonds. The number of benzene rings is 1. The lowest BCUT2D eigenvalue weighted by molar-refractivity contribution is 0.538. The monoisotopic (exact) mass is 203 g/mol. The Labute approximate surface area is 89.5 Å². The molecule has 0 heterocycles. The summed E-state index contributed by atoms with van der Waals surface area (Å²) in [5.41, 5.74) is 1.29. The quantitative estimate of drug-likeness (QED) is 0.722. The molecule has 0 spiro atoms. The molecule has 0 N–H and O–H groups in total. The number of nitriles is 1. The fraction of sp³-hybridized carbons (Fsp3) is 0.462. The molecule has 1 nitrogen and oxygen atoms in total. The molecule has 0 aromatic heterocycles. The van der Waals surface area contributed by atoms with Crippen LogP contribution in [0.3, 0.4) is 0 Å². The summed E-state index contributed by atoms with van der Waals surface area (Å²) in [5, 5.41) is 8.76. The van der Waals surface area contributed by atoms with Crippen LogP contribution in [0.5, 0.6) is 0 Å². The van der Waals surface area contributed by atoms with Gasteiger partial charge in [-0.25, -0.2) is 4.39 Å². The molecule has 2 heteroatoms. The van der Waals surface area contributed by atoms with Gasteiger partial charge in [-0.3, -0.25) is 0 Å². The molecule has 0 aliphatic heterocycles. The molecule has 1 aromatic rings. The maximum absolute atomic E-state index is 13.5. The highest BCUT2D eigenvalue weighted by molar-refractivity contribution is 5.37. The van der Waals surface area contributed by atoms with Gasteiger partial charge >= 0.3 is 0 Å². The van der Waals surface area contributed by atoms with E-state index in [-0.39, 0.29) is 5.82 Å². The van der Waals surface area contributed by atoms with Gasteiger partial charge in [0.2, 0.25) is 0 Å². The lowest BCUT2D eigenvalue weighted by Crippen LogP contribution is -1.95. The summed E-state index contributed by atoms with van der Waals surface area (Å²) in [6, 6.07) is 6.69. The van der Waals surface area contributed by atoms with Crippen molar-refractivity contribution >= 4 is 0 Å². The van der Waals surface area contributed by atoms with E-state index in [9.17, 15) is 4.39 Å². The summed E-state index contributed by atoms with van der Waals surface area (Å²) < 4.78 is 13.5. The van der Waals surface area contributed by atoms with E-state index < -0.39 is 0 Å². The summed E-state index contributed by atoms with van der Waals surface area (Å²) in [4.78, 5) is 0. The van der Waals surface area contributed by atoms with E-state index in [2.05, 4.69) is 19.9 Å². The average Bonchev–Trinajstić information content (AvgIpc) is 2.98. The van der Waals surface area contributed by atoms with E-state index in [1.54, 1.807) is 6.07 Å². The van der Waals surface area contributed by atoms with Crippen molar-refractivity contribution < 1.29 is 4.39 Å². The van der Waals surface area contributed by atoms with E-state index in [0.717, 1.165) is 12.0 Å². The van der Waals surface area contributed by atoms with Crippen molar-refractivity contribution in [1.82, 2.24) is 0 Å². The minimum atomic E-state index is -0.165. The van der Waals surface area contributed by atoms with Crippen molar-refractivity contribution in [2.45, 2.75) is 26.2 Å². The van der Waals surface area contributed by atoms with Crippen LogP contribution in [-0.2, 0) is 0 Å². The maximum Gasteiger partial charge on any atom is 0.126 e. The molecular weight excluding hydrogens is 189 g/mol. The molecule has 1 aliphatic carbocycles. The van der Waals surface area contributed by atoms with Gasteiger partial charge in [0.1, 0.15) is 5.82 Å². The SMILES string of the molecule is CC(C)[C@H]1C[C@@H]1c1cc(C#N)ccc1F. The minimum absolute atomic E-state index is 0.165. The third kappa shape index (κ3) is 1.87. The Morgan fingerprint density at radius 3 is 2.73 bits per heavy atom. The van der Waals surface area contributed by atoms with Crippen LogP contribution in [-0.4, -0.2) is 0 Å². The zero-order valence-corrected chi connectivity index (χ0v) is 9.00. The maximum atomic E-state index is 13.5. The van der Waals surface area contributed by atoms with E-state index in [1.807, 2.05) is 0 Å². The third-order valence-electron chi connectivity index (χ3n) is 3.22. The highest BCUT2D eigenvalue weighted by atomic mass is 19.1. The van der Waals surface area contributed by atoms with Crippen LogP contribution in [0.4, 0.5) is 4.39 Å². The molecule has 1 aliphatic rings. The smallest absolute Gasteiger partial charge is 0.126 e. The summed E-state index contributed by atoms with van der Waals surface area (Å²) in [7, 11) is 0. The fourth-order valence-electron chi connectivity index (χ4n) is 2.21. The molecular formula is C13H14FN. The molecule has 0 bridgehead atoms. The van der Waals surface area contributed by atoms with Crippen LogP contribution in [0.25, 0.3) is 0 Å². The summed E-state index contributed by atoms with van der Waals surface area (Å²) in [5.74, 6) is 1.36. The first kappa shape index (κ1) is 10.2. The summed E-state index contributed by atoms with van der Waals surface area (Å²) in [6.07, 6.45) is 1.06. The molecule has 2 rings (SSSR count). The normalized spacial score (nSPS) is 23.9. The van der Waals surface area contributed by atoms with E-state index in [4.69, 9.17) is 5.26 Å². The standard InChI is InChI=1S/C13H14FN/c1-8(2)10-6-11(10)12-5-9(7-15)3-4-13(12)14/h3-5,8,10-11H,6H2,1-2H3/t10-,11+/m1/s1. The Morgan fingerprint density at radius 2 is 2.20 bits per heavy atom. The Balaban J connectivity index is 2.26. The predicted octanol–water partition coefficient (Wildman–Crippen LogP) is 3.46. The molecule has 78 valence electrons. The van der Waals surface area contributed by atoms with Gasteiger partial charge < -0.3 is 0 Å². The van der Waals surface area contributed by atoms with Gasteiger partial charge in [0, 0.05) is 0 Å². The molecule has 2 atom stereocenters. The largest absolute Gasteiger partial charge is 0.207 e. The van der Waals surface area contributed by atoms with Gasteiger partial charge in [0.15, 0.2) is 0 Å². The highest BCUT2D eigenvalue weighted by Crippen LogP contribution is 2.52. The van der Waals surface area contributed by atoms with Crippen molar-refractivity contribution in [3.05, 3.63) is 35.1 Å². The first-order valence-electron chi connectivity index (χ1n) is 5.33. The van der Waals surface area contributed by atoms with Gasteiger partial charge in [-0.1, -0.05) is 13.8 Å². The van der Waals surface area contributed by atoms with Crippen molar-refractivity contribution in [3.63, 3.8) is 0 Å². The first-order chi connectivity index (χ1) is 7.13. The van der Waals surface area contributed by atoms with Gasteiger partial charge in [0.25, 0.3) is 0 Å². The van der Waals surface area contributed by atoms with Crippen LogP contribution in [0.2, 0.25) is 0 Å². The second-order valence-corrected chi connectivity index (χ2v) is 4.60. The molecule has 15 heavy (non-hydrogen) atoms. The highest BCUT2D eigenvalue weighted by Gasteiger charge is 2.41. The van der Waals surface area contributed by atoms with E-state index in [0.29, 0.717) is 23.3 Å². The molecule has 0 radical (unpaired) electrons. The predicted molar refractivity (Wildman–Crippen MR) is 56.8 cm³/mol. The minimum Gasteiger partial charge on any atom is -0.207 e. The van der Waals surface area contributed by atoms with Crippen LogP contribution in [0, 0.1) is 29.0 Å². The topological polar surface area (TPSA) is 23.8 Å². The van der Waals surface area contributed by atoms with Crippen molar-refractivity contribution in [1.29, 1.82) is 5.26 Å². The van der Waals surface area contributed by atoms with Crippen molar-refractivity contribution in [2.75, 3.05) is 0 Å². The second-order valence-electron chi connectivity index (χ2n) is 4.60. The zero-order valence-electron chi connectivity index (χ0n) is 9.00. The lowest BCUT2D eigenvalue weighted by Gasteiger charge is -2.05. The average molecular weight is 203 g/mol. The molecule has 1 aromatic carbocycles. The van der Waals surface area contributed by atoms with Gasteiger partial charge in [-0.2, -0.15) is 5.26 Å². The molecule has 0 unspecified atom stereocenters. The number of hydrogen-bond acceptors (Lipinski definition) is 1. The van der Waals surface area contributed by atoms with Crippen molar-refractivity contribution in [3.8, 4) is 6.07 Å². The number of hydrogen-bond donors (Lipinski definition) is 0. The molecule has 1 saturated carbocycles. The third-order valence-corrected chi connectivity index (χ3v) is 3.22. The Kier molecular flexibility index (Phi) is 2.48. The Hall–Kier alpha value is -1.36. The lowest BCUT2D eigenvalue weighted by atomic mass is 10.0. The first-order valence-corrected chi connectivity index (χ1v) is 5.33. The fourth-order valence-corrected chi connectivity index (χ4v) is 2.21.